The van der Waals surface area contributed by atoms with Crippen LogP contribution in [-0.4, -0.2) is 9.97 Å². The Morgan fingerprint density at radius 2 is 2.19 bits per heavy atom. The van der Waals surface area contributed by atoms with Crippen LogP contribution in [0, 0.1) is 16.0 Å². The van der Waals surface area contributed by atoms with Crippen molar-refractivity contribution in [1.29, 1.82) is 5.26 Å². The Kier molecular flexibility index (Phi) is 2.94. The van der Waals surface area contributed by atoms with Crippen LogP contribution in [0.5, 0.6) is 11.6 Å². The SMILES string of the molecule is N#Cc1ccccc1Oc1cc(=S)nc[nH]1. The van der Waals surface area contributed by atoms with Crippen LogP contribution in [0.25, 0.3) is 0 Å². The first-order valence-corrected chi connectivity index (χ1v) is 4.92. The molecule has 0 aliphatic carbocycles. The number of ether oxygens (including phenoxy) is 1. The van der Waals surface area contributed by atoms with Crippen molar-refractivity contribution in [3.05, 3.63) is 46.9 Å². The average Bonchev–Trinajstić information content (AvgIpc) is 2.30. The highest BCUT2D eigenvalue weighted by Crippen LogP contribution is 2.22. The zero-order valence-electron chi connectivity index (χ0n) is 8.18. The molecule has 4 nitrogen and oxygen atoms in total. The van der Waals surface area contributed by atoms with E-state index in [4.69, 9.17) is 22.2 Å². The summed E-state index contributed by atoms with van der Waals surface area (Å²) < 4.78 is 5.93. The minimum atomic E-state index is 0.434. The number of benzene rings is 1. The maximum Gasteiger partial charge on any atom is 0.201 e. The molecule has 0 aliphatic heterocycles. The van der Waals surface area contributed by atoms with Crippen molar-refractivity contribution >= 4 is 12.2 Å². The van der Waals surface area contributed by atoms with Crippen molar-refractivity contribution in [2.75, 3.05) is 0 Å². The van der Waals surface area contributed by atoms with E-state index in [0.717, 1.165) is 0 Å². The number of aromatic amines is 1. The molecule has 78 valence electrons. The second kappa shape index (κ2) is 4.55. The molecule has 1 aromatic heterocycles. The highest BCUT2D eigenvalue weighted by atomic mass is 32.1. The summed E-state index contributed by atoms with van der Waals surface area (Å²) in [6, 6.07) is 10.6. The lowest BCUT2D eigenvalue weighted by Gasteiger charge is -2.05. The maximum atomic E-state index is 8.88. The number of nitrogens with one attached hydrogen (secondary N) is 1. The molecule has 0 unspecified atom stereocenters. The summed E-state index contributed by atoms with van der Waals surface area (Å²) in [5, 5.41) is 8.88. The smallest absolute Gasteiger partial charge is 0.201 e. The molecule has 0 saturated carbocycles. The van der Waals surface area contributed by atoms with Crippen molar-refractivity contribution in [1.82, 2.24) is 9.97 Å². The van der Waals surface area contributed by atoms with E-state index in [9.17, 15) is 0 Å². The first kappa shape index (κ1) is 10.3. The summed E-state index contributed by atoms with van der Waals surface area (Å²) in [6.07, 6.45) is 1.45. The fourth-order valence-electron chi connectivity index (χ4n) is 1.18. The summed E-state index contributed by atoms with van der Waals surface area (Å²) in [6.45, 7) is 0. The van der Waals surface area contributed by atoms with E-state index >= 15 is 0 Å². The summed E-state index contributed by atoms with van der Waals surface area (Å²) >= 11 is 4.90. The zero-order valence-corrected chi connectivity index (χ0v) is 8.99. The van der Waals surface area contributed by atoms with E-state index in [0.29, 0.717) is 21.8 Å². The quantitative estimate of drug-likeness (QED) is 0.804. The maximum absolute atomic E-state index is 8.88. The zero-order chi connectivity index (χ0) is 11.4. The first-order valence-electron chi connectivity index (χ1n) is 4.51. The van der Waals surface area contributed by atoms with Crippen LogP contribution in [0.4, 0.5) is 0 Å². The normalized spacial score (nSPS) is 9.44. The van der Waals surface area contributed by atoms with Gasteiger partial charge in [0.15, 0.2) is 0 Å². The molecule has 2 aromatic rings. The van der Waals surface area contributed by atoms with E-state index in [2.05, 4.69) is 9.97 Å². The monoisotopic (exact) mass is 229 g/mol. The summed E-state index contributed by atoms with van der Waals surface area (Å²) in [4.78, 5) is 6.64. The van der Waals surface area contributed by atoms with Crippen LogP contribution >= 0.6 is 12.2 Å². The predicted molar refractivity (Wildman–Crippen MR) is 60.7 cm³/mol. The van der Waals surface area contributed by atoms with E-state index in [-0.39, 0.29) is 0 Å². The van der Waals surface area contributed by atoms with Gasteiger partial charge in [0.1, 0.15) is 16.5 Å². The van der Waals surface area contributed by atoms with E-state index in [1.165, 1.54) is 6.33 Å². The second-order valence-corrected chi connectivity index (χ2v) is 3.38. The Balaban J connectivity index is 2.35. The highest BCUT2D eigenvalue weighted by Gasteiger charge is 2.03. The molecule has 1 aromatic carbocycles. The van der Waals surface area contributed by atoms with Gasteiger partial charge in [-0.3, -0.25) is 0 Å². The Bertz CT molecular complexity index is 600. The van der Waals surface area contributed by atoms with E-state index < -0.39 is 0 Å². The lowest BCUT2D eigenvalue weighted by Crippen LogP contribution is -1.91. The van der Waals surface area contributed by atoms with Crippen molar-refractivity contribution in [2.45, 2.75) is 0 Å². The standard InChI is InChI=1S/C11H7N3OS/c12-6-8-3-1-2-4-9(8)15-10-5-11(16)14-7-13-10/h1-5,7H,(H,13,14,16). The number of nitrogens with zero attached hydrogens (tertiary/aromatic N) is 2. The van der Waals surface area contributed by atoms with Crippen LogP contribution in [0.3, 0.4) is 0 Å². The fourth-order valence-corrected chi connectivity index (χ4v) is 1.34. The number of H-pyrrole nitrogens is 1. The molecular weight excluding hydrogens is 222 g/mol. The summed E-state index contributed by atoms with van der Waals surface area (Å²) in [7, 11) is 0. The van der Waals surface area contributed by atoms with Crippen molar-refractivity contribution in [3.8, 4) is 17.7 Å². The lowest BCUT2D eigenvalue weighted by molar-refractivity contribution is 0.459. The van der Waals surface area contributed by atoms with E-state index in [1.54, 1.807) is 30.3 Å². The Morgan fingerprint density at radius 1 is 1.38 bits per heavy atom. The Labute approximate surface area is 97.2 Å². The topological polar surface area (TPSA) is 61.7 Å². The third-order valence-electron chi connectivity index (χ3n) is 1.88. The minimum absolute atomic E-state index is 0.434. The molecule has 0 atom stereocenters. The van der Waals surface area contributed by atoms with Crippen molar-refractivity contribution in [2.24, 2.45) is 0 Å². The Morgan fingerprint density at radius 3 is 2.94 bits per heavy atom. The van der Waals surface area contributed by atoms with Crippen molar-refractivity contribution in [3.63, 3.8) is 0 Å². The van der Waals surface area contributed by atoms with Gasteiger partial charge >= 0.3 is 0 Å². The van der Waals surface area contributed by atoms with Gasteiger partial charge in [-0.25, -0.2) is 4.98 Å². The van der Waals surface area contributed by atoms with Gasteiger partial charge < -0.3 is 9.72 Å². The average molecular weight is 229 g/mol. The van der Waals surface area contributed by atoms with Crippen LogP contribution in [0.1, 0.15) is 5.56 Å². The second-order valence-electron chi connectivity index (χ2n) is 2.96. The number of nitriles is 1. The molecule has 16 heavy (non-hydrogen) atoms. The molecule has 0 bridgehead atoms. The molecule has 1 N–H and O–H groups in total. The van der Waals surface area contributed by atoms with Gasteiger partial charge in [0.05, 0.1) is 11.9 Å². The van der Waals surface area contributed by atoms with Crippen LogP contribution in [-0.2, 0) is 0 Å². The molecule has 0 amide bonds. The van der Waals surface area contributed by atoms with Gasteiger partial charge in [0.2, 0.25) is 5.88 Å². The van der Waals surface area contributed by atoms with Gasteiger partial charge in [-0.2, -0.15) is 5.26 Å². The third-order valence-corrected chi connectivity index (χ3v) is 2.10. The number of hydrogen-bond acceptors (Lipinski definition) is 4. The molecule has 0 fully saturated rings. The molecule has 1 heterocycles. The van der Waals surface area contributed by atoms with Crippen molar-refractivity contribution < 1.29 is 4.74 Å². The molecule has 0 spiro atoms. The van der Waals surface area contributed by atoms with E-state index in [1.807, 2.05) is 6.07 Å². The molecular formula is C11H7N3OS. The predicted octanol–water partition coefficient (Wildman–Crippen LogP) is 2.80. The van der Waals surface area contributed by atoms with Crippen LogP contribution < -0.4 is 4.74 Å². The van der Waals surface area contributed by atoms with Gasteiger partial charge in [-0.15, -0.1) is 0 Å². The van der Waals surface area contributed by atoms with Gasteiger partial charge in [0, 0.05) is 6.07 Å². The first-order chi connectivity index (χ1) is 7.79. The molecule has 2 rings (SSSR count). The van der Waals surface area contributed by atoms with Gasteiger partial charge in [0.25, 0.3) is 0 Å². The van der Waals surface area contributed by atoms with Crippen LogP contribution in [0.2, 0.25) is 0 Å². The molecule has 0 aliphatic rings. The van der Waals surface area contributed by atoms with Gasteiger partial charge in [-0.05, 0) is 12.1 Å². The number of para-hydroxylation sites is 1. The largest absolute Gasteiger partial charge is 0.440 e. The summed E-state index contributed by atoms with van der Waals surface area (Å²) in [5.74, 6) is 0.949. The minimum Gasteiger partial charge on any atom is -0.440 e. The fraction of sp³-hybridized carbons (Fsp3) is 0. The number of rotatable bonds is 2. The summed E-state index contributed by atoms with van der Waals surface area (Å²) in [5.41, 5.74) is 0.471. The number of hydrogen-bond donors (Lipinski definition) is 1. The van der Waals surface area contributed by atoms with Gasteiger partial charge in [-0.1, -0.05) is 24.4 Å². The third kappa shape index (κ3) is 2.24. The molecule has 0 radical (unpaired) electrons. The number of aromatic nitrogens is 2. The highest BCUT2D eigenvalue weighted by molar-refractivity contribution is 7.71. The van der Waals surface area contributed by atoms with Crippen LogP contribution in [0.15, 0.2) is 36.7 Å². The molecule has 5 heteroatoms. The molecule has 0 saturated heterocycles. The lowest BCUT2D eigenvalue weighted by atomic mass is 10.2. The Hall–Kier alpha value is -2.19.